The highest BCUT2D eigenvalue weighted by atomic mass is 16.5. The first kappa shape index (κ1) is 23.5. The Balaban J connectivity index is 1.82. The Morgan fingerprint density at radius 3 is 2.59 bits per heavy atom. The molecule has 0 aliphatic heterocycles. The minimum Gasteiger partial charge on any atom is -0.481 e. The van der Waals surface area contributed by atoms with Crippen LogP contribution in [-0.2, 0) is 28.9 Å². The number of nitrogens with zero attached hydrogens (tertiary/aromatic N) is 3. The summed E-state index contributed by atoms with van der Waals surface area (Å²) < 4.78 is 12.6. The Hall–Kier alpha value is -3.68. The molecule has 8 nitrogen and oxygen atoms in total. The van der Waals surface area contributed by atoms with Crippen molar-refractivity contribution in [3.8, 4) is 17.1 Å². The predicted molar refractivity (Wildman–Crippen MR) is 130 cm³/mol. The van der Waals surface area contributed by atoms with Crippen molar-refractivity contribution in [3.05, 3.63) is 69.3 Å². The second-order valence-corrected chi connectivity index (χ2v) is 8.32. The third kappa shape index (κ3) is 4.27. The molecule has 0 saturated carbocycles. The molecule has 8 heteroatoms. The molecule has 0 amide bonds. The van der Waals surface area contributed by atoms with Crippen molar-refractivity contribution in [1.82, 2.24) is 14.5 Å². The molecule has 0 spiro atoms. The highest BCUT2D eigenvalue weighted by Crippen LogP contribution is 2.37. The number of carbonyl (C=O) groups is 1. The van der Waals surface area contributed by atoms with Crippen molar-refractivity contribution < 1.29 is 14.3 Å². The van der Waals surface area contributed by atoms with Crippen LogP contribution in [0.2, 0.25) is 0 Å². The zero-order valence-electron chi connectivity index (χ0n) is 20.2. The van der Waals surface area contributed by atoms with Crippen molar-refractivity contribution in [2.75, 3.05) is 12.4 Å². The van der Waals surface area contributed by atoms with E-state index in [1.54, 1.807) is 17.7 Å². The lowest BCUT2D eigenvalue weighted by molar-refractivity contribution is -0.146. The van der Waals surface area contributed by atoms with Crippen molar-refractivity contribution in [2.24, 2.45) is 0 Å². The normalized spacial score (nSPS) is 16.7. The minimum absolute atomic E-state index is 0.201. The van der Waals surface area contributed by atoms with Gasteiger partial charge in [0.1, 0.15) is 17.6 Å². The molecular formula is C26H30N4O4. The number of aromatic nitrogens is 3. The lowest BCUT2D eigenvalue weighted by atomic mass is 10.1. The Labute approximate surface area is 199 Å². The molecule has 2 aromatic heterocycles. The van der Waals surface area contributed by atoms with Gasteiger partial charge in [-0.25, -0.2) is 9.97 Å². The first-order valence-electron chi connectivity index (χ1n) is 11.5. The van der Waals surface area contributed by atoms with Gasteiger partial charge in [-0.1, -0.05) is 31.2 Å². The molecule has 4 rings (SSSR count). The van der Waals surface area contributed by atoms with Crippen molar-refractivity contribution >= 4 is 11.8 Å². The quantitative estimate of drug-likeness (QED) is 0.533. The third-order valence-electron chi connectivity index (χ3n) is 6.21. The summed E-state index contributed by atoms with van der Waals surface area (Å²) in [6, 6.07) is 11.3. The fraction of sp³-hybridized carbons (Fsp3) is 0.385. The van der Waals surface area contributed by atoms with Crippen LogP contribution in [0.1, 0.15) is 49.3 Å². The molecule has 0 bridgehead atoms. The fourth-order valence-electron chi connectivity index (χ4n) is 4.61. The molecule has 1 aliphatic carbocycles. The monoisotopic (exact) mass is 462 g/mol. The first-order valence-corrected chi connectivity index (χ1v) is 11.5. The molecule has 1 N–H and O–H groups in total. The fourth-order valence-corrected chi connectivity index (χ4v) is 4.61. The van der Waals surface area contributed by atoms with Gasteiger partial charge in [-0.2, -0.15) is 0 Å². The largest absolute Gasteiger partial charge is 0.481 e. The number of ether oxygens (including phenoxy) is 2. The van der Waals surface area contributed by atoms with E-state index in [0.29, 0.717) is 48.0 Å². The number of benzene rings is 1. The zero-order chi connectivity index (χ0) is 24.4. The maximum absolute atomic E-state index is 13.6. The molecule has 3 aromatic rings. The molecule has 2 heterocycles. The number of aryl methyl sites for hydroxylation is 2. The van der Waals surface area contributed by atoms with Crippen LogP contribution in [-0.4, -0.2) is 33.7 Å². The van der Waals surface area contributed by atoms with E-state index in [0.717, 1.165) is 16.8 Å². The second-order valence-electron chi connectivity index (χ2n) is 8.32. The number of rotatable bonds is 7. The summed E-state index contributed by atoms with van der Waals surface area (Å²) in [5.41, 5.74) is 4.46. The van der Waals surface area contributed by atoms with Crippen LogP contribution in [0.25, 0.3) is 11.3 Å². The van der Waals surface area contributed by atoms with Gasteiger partial charge in [0.15, 0.2) is 0 Å². The van der Waals surface area contributed by atoms with Gasteiger partial charge in [-0.3, -0.25) is 14.2 Å². The highest BCUT2D eigenvalue weighted by molar-refractivity contribution is 5.67. The number of hydrogen-bond acceptors (Lipinski definition) is 7. The lowest BCUT2D eigenvalue weighted by Crippen LogP contribution is -2.32. The van der Waals surface area contributed by atoms with Crippen LogP contribution in [0.3, 0.4) is 0 Å². The van der Waals surface area contributed by atoms with E-state index in [-0.39, 0.29) is 23.7 Å². The lowest BCUT2D eigenvalue weighted by Gasteiger charge is -2.26. The second kappa shape index (κ2) is 9.67. The molecule has 0 fully saturated rings. The van der Waals surface area contributed by atoms with E-state index in [4.69, 9.17) is 14.5 Å². The van der Waals surface area contributed by atoms with Crippen LogP contribution in [0.4, 0.5) is 5.82 Å². The molecule has 0 radical (unpaired) electrons. The van der Waals surface area contributed by atoms with E-state index < -0.39 is 0 Å². The number of hydrogen-bond donors (Lipinski definition) is 1. The Morgan fingerprint density at radius 1 is 1.18 bits per heavy atom. The Bertz CT molecular complexity index is 1280. The molecule has 34 heavy (non-hydrogen) atoms. The van der Waals surface area contributed by atoms with Crippen LogP contribution < -0.4 is 15.6 Å². The molecular weight excluding hydrogens is 432 g/mol. The van der Waals surface area contributed by atoms with Crippen LogP contribution in [0, 0.1) is 6.92 Å². The average Bonchev–Trinajstić information content (AvgIpc) is 3.16. The Morgan fingerprint density at radius 2 is 1.94 bits per heavy atom. The number of nitrogens with one attached hydrogen (secondary N) is 1. The van der Waals surface area contributed by atoms with Gasteiger partial charge >= 0.3 is 5.97 Å². The summed E-state index contributed by atoms with van der Waals surface area (Å²) >= 11 is 0. The van der Waals surface area contributed by atoms with E-state index in [1.807, 2.05) is 51.1 Å². The summed E-state index contributed by atoms with van der Waals surface area (Å²) in [6.45, 7) is 7.65. The summed E-state index contributed by atoms with van der Waals surface area (Å²) in [5.74, 6) is 0.809. The van der Waals surface area contributed by atoms with Gasteiger partial charge in [0.05, 0.1) is 24.5 Å². The van der Waals surface area contributed by atoms with Gasteiger partial charge < -0.3 is 14.8 Å². The van der Waals surface area contributed by atoms with Gasteiger partial charge in [0, 0.05) is 31.5 Å². The molecule has 0 saturated heterocycles. The van der Waals surface area contributed by atoms with Crippen LogP contribution in [0.15, 0.2) is 41.2 Å². The van der Waals surface area contributed by atoms with E-state index in [9.17, 15) is 9.59 Å². The van der Waals surface area contributed by atoms with Gasteiger partial charge in [-0.05, 0) is 37.5 Å². The zero-order valence-corrected chi connectivity index (χ0v) is 20.2. The summed E-state index contributed by atoms with van der Waals surface area (Å²) in [7, 11) is 1.56. The minimum atomic E-state index is -0.368. The molecule has 1 aromatic carbocycles. The van der Waals surface area contributed by atoms with E-state index in [1.165, 1.54) is 6.92 Å². The van der Waals surface area contributed by atoms with Gasteiger partial charge in [0.2, 0.25) is 5.88 Å². The Kier molecular flexibility index (Phi) is 6.68. The maximum Gasteiger partial charge on any atom is 0.302 e. The first-order chi connectivity index (χ1) is 16.4. The van der Waals surface area contributed by atoms with Gasteiger partial charge in [-0.15, -0.1) is 0 Å². The molecule has 178 valence electrons. The number of fused-ring (bicyclic) bond motifs is 1. The SMILES string of the molecule is CCc1nc(-c2ccc(OC)nc2C)c(=O)n(CC)c1N[C@@H]1c2ccccc2C[C@@H]1OC(C)=O. The van der Waals surface area contributed by atoms with E-state index in [2.05, 4.69) is 10.3 Å². The van der Waals surface area contributed by atoms with Crippen LogP contribution >= 0.6 is 0 Å². The van der Waals surface area contributed by atoms with Crippen molar-refractivity contribution in [3.63, 3.8) is 0 Å². The van der Waals surface area contributed by atoms with Gasteiger partial charge in [0.25, 0.3) is 5.56 Å². The number of anilines is 1. The summed E-state index contributed by atoms with van der Waals surface area (Å²) in [4.78, 5) is 34.6. The summed E-state index contributed by atoms with van der Waals surface area (Å²) in [5, 5.41) is 3.53. The molecule has 1 aliphatic rings. The van der Waals surface area contributed by atoms with Crippen molar-refractivity contribution in [2.45, 2.75) is 59.2 Å². The third-order valence-corrected chi connectivity index (χ3v) is 6.21. The standard InChI is InChI=1S/C26H30N4O4/c1-6-20-25(29-23-19-11-9-8-10-17(19)14-21(23)34-16(4)31)30(7-2)26(32)24(28-20)18-12-13-22(33-5)27-15(18)3/h8-13,21,23,29H,6-7,14H2,1-5H3/t21-,23+/m0/s1. The topological polar surface area (TPSA) is 95.3 Å². The summed E-state index contributed by atoms with van der Waals surface area (Å²) in [6.07, 6.45) is 0.867. The smallest absolute Gasteiger partial charge is 0.302 e. The van der Waals surface area contributed by atoms with Crippen molar-refractivity contribution in [1.29, 1.82) is 0 Å². The molecule has 2 atom stereocenters. The van der Waals surface area contributed by atoms with Crippen LogP contribution in [0.5, 0.6) is 5.88 Å². The van der Waals surface area contributed by atoms with E-state index >= 15 is 0 Å². The predicted octanol–water partition coefficient (Wildman–Crippen LogP) is 3.85. The number of esters is 1. The average molecular weight is 463 g/mol. The number of carbonyl (C=O) groups excluding carboxylic acids is 1. The molecule has 0 unspecified atom stereocenters. The number of methoxy groups -OCH3 is 1. The highest BCUT2D eigenvalue weighted by Gasteiger charge is 2.36. The maximum atomic E-state index is 13.6. The number of pyridine rings is 1.